The minimum atomic E-state index is -3.51. The van der Waals surface area contributed by atoms with E-state index < -0.39 is 10.0 Å². The lowest BCUT2D eigenvalue weighted by molar-refractivity contribution is 0.600. The summed E-state index contributed by atoms with van der Waals surface area (Å²) >= 11 is 8.12. The number of rotatable bonds is 4. The number of halogens is 2. The monoisotopic (exact) mass is 422 g/mol. The quantitative estimate of drug-likeness (QED) is 0.585. The van der Waals surface area contributed by atoms with Gasteiger partial charge in [-0.1, -0.05) is 23.7 Å². The predicted octanol–water partition coefficient (Wildman–Crippen LogP) is 3.47. The number of hydrogen-bond acceptors (Lipinski definition) is 3. The Morgan fingerprint density at radius 1 is 1.15 bits per heavy atom. The summed E-state index contributed by atoms with van der Waals surface area (Å²) in [7, 11) is -3.51. The van der Waals surface area contributed by atoms with Gasteiger partial charge in [-0.15, -0.1) is 0 Å². The Bertz CT molecular complexity index is 718. The van der Waals surface area contributed by atoms with Crippen molar-refractivity contribution in [3.05, 3.63) is 56.6 Å². The second-order valence-corrected chi connectivity index (χ2v) is 7.60. The molecule has 106 valence electrons. The normalized spacial score (nSPS) is 11.3. The third-order valence-corrected chi connectivity index (χ3v) is 4.76. The second-order valence-electron chi connectivity index (χ2n) is 4.23. The first-order valence-corrected chi connectivity index (χ1v) is 8.76. The summed E-state index contributed by atoms with van der Waals surface area (Å²) in [5.41, 5.74) is 7.20. The van der Waals surface area contributed by atoms with Crippen LogP contribution >= 0.6 is 34.2 Å². The average molecular weight is 423 g/mol. The number of nitrogens with one attached hydrogen (secondary N) is 1. The molecule has 0 aliphatic carbocycles. The molecule has 2 rings (SSSR count). The van der Waals surface area contributed by atoms with Crippen molar-refractivity contribution in [3.63, 3.8) is 0 Å². The van der Waals surface area contributed by atoms with E-state index in [2.05, 4.69) is 27.3 Å². The molecule has 0 aliphatic heterocycles. The zero-order chi connectivity index (χ0) is 14.8. The van der Waals surface area contributed by atoms with Crippen LogP contribution in [0, 0.1) is 3.57 Å². The van der Waals surface area contributed by atoms with Crippen molar-refractivity contribution in [2.45, 2.75) is 5.75 Å². The molecule has 2 aromatic carbocycles. The van der Waals surface area contributed by atoms with Gasteiger partial charge in [-0.25, -0.2) is 8.42 Å². The van der Waals surface area contributed by atoms with Gasteiger partial charge >= 0.3 is 0 Å². The molecule has 0 aromatic heterocycles. The predicted molar refractivity (Wildman–Crippen MR) is 91.3 cm³/mol. The molecular formula is C13H12ClIN2O2S. The summed E-state index contributed by atoms with van der Waals surface area (Å²) in [6.07, 6.45) is 0. The molecule has 0 spiro atoms. The topological polar surface area (TPSA) is 72.2 Å². The molecular weight excluding hydrogens is 411 g/mol. The van der Waals surface area contributed by atoms with Crippen LogP contribution in [0.3, 0.4) is 0 Å². The minimum absolute atomic E-state index is 0.129. The molecule has 0 heterocycles. The van der Waals surface area contributed by atoms with Gasteiger partial charge in [0.05, 0.1) is 16.5 Å². The number of nitrogen functional groups attached to an aromatic ring is 1. The van der Waals surface area contributed by atoms with Gasteiger partial charge in [0, 0.05) is 9.26 Å². The van der Waals surface area contributed by atoms with E-state index in [1.165, 1.54) is 0 Å². The van der Waals surface area contributed by atoms with Gasteiger partial charge in [0.25, 0.3) is 0 Å². The van der Waals surface area contributed by atoms with Crippen molar-refractivity contribution in [2.24, 2.45) is 0 Å². The van der Waals surface area contributed by atoms with Gasteiger partial charge in [0.2, 0.25) is 10.0 Å². The van der Waals surface area contributed by atoms with Crippen molar-refractivity contribution in [1.82, 2.24) is 0 Å². The Kier molecular flexibility index (Phi) is 4.77. The Morgan fingerprint density at radius 3 is 2.40 bits per heavy atom. The van der Waals surface area contributed by atoms with Gasteiger partial charge in [-0.3, -0.25) is 4.72 Å². The lowest BCUT2D eigenvalue weighted by Gasteiger charge is -2.10. The van der Waals surface area contributed by atoms with Crippen LogP contribution in [0.2, 0.25) is 5.02 Å². The van der Waals surface area contributed by atoms with E-state index in [0.717, 1.165) is 3.57 Å². The van der Waals surface area contributed by atoms with E-state index in [-0.39, 0.29) is 5.75 Å². The molecule has 0 amide bonds. The van der Waals surface area contributed by atoms with Crippen LogP contribution in [-0.4, -0.2) is 8.42 Å². The maximum absolute atomic E-state index is 12.1. The first-order valence-electron chi connectivity index (χ1n) is 5.66. The fourth-order valence-electron chi connectivity index (χ4n) is 1.61. The highest BCUT2D eigenvalue weighted by Gasteiger charge is 2.13. The summed E-state index contributed by atoms with van der Waals surface area (Å²) < 4.78 is 27.6. The molecule has 2 aromatic rings. The van der Waals surface area contributed by atoms with Crippen LogP contribution in [-0.2, 0) is 15.8 Å². The van der Waals surface area contributed by atoms with Crippen molar-refractivity contribution >= 4 is 55.6 Å². The highest BCUT2D eigenvalue weighted by molar-refractivity contribution is 14.1. The highest BCUT2D eigenvalue weighted by Crippen LogP contribution is 2.25. The number of sulfonamides is 1. The molecule has 0 unspecified atom stereocenters. The van der Waals surface area contributed by atoms with Crippen LogP contribution in [0.15, 0.2) is 42.5 Å². The van der Waals surface area contributed by atoms with Gasteiger partial charge in [0.15, 0.2) is 0 Å². The summed E-state index contributed by atoms with van der Waals surface area (Å²) in [5, 5.41) is 0.373. The molecule has 7 heteroatoms. The fourth-order valence-corrected chi connectivity index (χ4v) is 3.78. The lowest BCUT2D eigenvalue weighted by Crippen LogP contribution is -2.15. The van der Waals surface area contributed by atoms with Crippen LogP contribution in [0.4, 0.5) is 11.4 Å². The van der Waals surface area contributed by atoms with E-state index in [0.29, 0.717) is 22.0 Å². The third kappa shape index (κ3) is 4.26. The average Bonchev–Trinajstić information content (AvgIpc) is 2.35. The van der Waals surface area contributed by atoms with E-state index in [9.17, 15) is 8.42 Å². The van der Waals surface area contributed by atoms with Crippen LogP contribution in [0.1, 0.15) is 5.56 Å². The molecule has 4 nitrogen and oxygen atoms in total. The fraction of sp³-hybridized carbons (Fsp3) is 0.0769. The maximum atomic E-state index is 12.1. The third-order valence-electron chi connectivity index (χ3n) is 2.53. The standard InChI is InChI=1S/C13H12ClIN2O2S/c14-12-7-10(15)3-6-13(12)17-20(18,19)8-9-1-4-11(16)5-2-9/h1-7,17H,8,16H2. The SMILES string of the molecule is Nc1ccc(CS(=O)(=O)Nc2ccc(I)cc2Cl)cc1. The zero-order valence-corrected chi connectivity index (χ0v) is 14.0. The second kappa shape index (κ2) is 6.19. The number of benzene rings is 2. The van der Waals surface area contributed by atoms with E-state index >= 15 is 0 Å². The molecule has 0 saturated carbocycles. The summed E-state index contributed by atoms with van der Waals surface area (Å²) in [5.74, 6) is -0.129. The highest BCUT2D eigenvalue weighted by atomic mass is 127. The molecule has 0 atom stereocenters. The van der Waals surface area contributed by atoms with Crippen molar-refractivity contribution in [2.75, 3.05) is 10.5 Å². The number of anilines is 2. The molecule has 0 fully saturated rings. The van der Waals surface area contributed by atoms with Crippen LogP contribution in [0.5, 0.6) is 0 Å². The molecule has 0 bridgehead atoms. The Morgan fingerprint density at radius 2 is 1.80 bits per heavy atom. The Labute approximate surface area is 136 Å². The Hall–Kier alpha value is -0.990. The number of hydrogen-bond donors (Lipinski definition) is 2. The van der Waals surface area contributed by atoms with Crippen molar-refractivity contribution in [1.29, 1.82) is 0 Å². The van der Waals surface area contributed by atoms with Gasteiger partial charge in [-0.05, 0) is 58.5 Å². The first kappa shape index (κ1) is 15.4. The molecule has 20 heavy (non-hydrogen) atoms. The maximum Gasteiger partial charge on any atom is 0.236 e. The van der Waals surface area contributed by atoms with Crippen molar-refractivity contribution < 1.29 is 8.42 Å². The summed E-state index contributed by atoms with van der Waals surface area (Å²) in [6, 6.07) is 11.8. The lowest BCUT2D eigenvalue weighted by atomic mass is 10.2. The summed E-state index contributed by atoms with van der Waals surface area (Å²) in [4.78, 5) is 0. The van der Waals surface area contributed by atoms with Gasteiger partial charge in [0.1, 0.15) is 0 Å². The number of nitrogens with two attached hydrogens (primary N) is 1. The van der Waals surface area contributed by atoms with Crippen LogP contribution in [0.25, 0.3) is 0 Å². The van der Waals surface area contributed by atoms with E-state index in [1.807, 2.05) is 0 Å². The van der Waals surface area contributed by atoms with Gasteiger partial charge < -0.3 is 5.73 Å². The smallest absolute Gasteiger partial charge is 0.236 e. The molecule has 0 aliphatic rings. The molecule has 3 N–H and O–H groups in total. The van der Waals surface area contributed by atoms with E-state index in [4.69, 9.17) is 17.3 Å². The van der Waals surface area contributed by atoms with Crippen LogP contribution < -0.4 is 10.5 Å². The molecule has 0 radical (unpaired) electrons. The largest absolute Gasteiger partial charge is 0.399 e. The van der Waals surface area contributed by atoms with Crippen molar-refractivity contribution in [3.8, 4) is 0 Å². The van der Waals surface area contributed by atoms with E-state index in [1.54, 1.807) is 42.5 Å². The molecule has 0 saturated heterocycles. The first-order chi connectivity index (χ1) is 9.35. The summed E-state index contributed by atoms with van der Waals surface area (Å²) in [6.45, 7) is 0. The zero-order valence-electron chi connectivity index (χ0n) is 10.3. The van der Waals surface area contributed by atoms with Gasteiger partial charge in [-0.2, -0.15) is 0 Å². The minimum Gasteiger partial charge on any atom is -0.399 e. The Balaban J connectivity index is 2.17.